The van der Waals surface area contributed by atoms with Crippen LogP contribution in [0.25, 0.3) is 0 Å². The summed E-state index contributed by atoms with van der Waals surface area (Å²) in [6, 6.07) is 5.10. The first-order chi connectivity index (χ1) is 11.7. The van der Waals surface area contributed by atoms with Gasteiger partial charge in [0.25, 0.3) is 5.91 Å². The van der Waals surface area contributed by atoms with Gasteiger partial charge in [-0.25, -0.2) is 4.79 Å². The second kappa shape index (κ2) is 9.44. The molecule has 3 amide bonds. The van der Waals surface area contributed by atoms with Gasteiger partial charge in [0.15, 0.2) is 0 Å². The van der Waals surface area contributed by atoms with Gasteiger partial charge in [-0.2, -0.15) is 0 Å². The minimum Gasteiger partial charge on any atom is -0.338 e. The fourth-order valence-electron chi connectivity index (χ4n) is 2.81. The molecule has 0 saturated carbocycles. The molecule has 1 aliphatic heterocycles. The molecule has 1 fully saturated rings. The molecule has 0 bridgehead atoms. The summed E-state index contributed by atoms with van der Waals surface area (Å²) in [4.78, 5) is 26.6. The largest absolute Gasteiger partial charge is 0.338 e. The summed E-state index contributed by atoms with van der Waals surface area (Å²) in [5.41, 5.74) is 0.616. The van der Waals surface area contributed by atoms with E-state index in [0.29, 0.717) is 35.4 Å². The first kappa shape index (κ1) is 22.5. The van der Waals surface area contributed by atoms with E-state index in [4.69, 9.17) is 11.6 Å². The molecule has 3 N–H and O–H groups in total. The Bertz CT molecular complexity index is 639. The topological polar surface area (TPSA) is 73.5 Å². The maximum Gasteiger partial charge on any atom is 0.319 e. The monoisotopic (exact) mass is 402 g/mol. The Morgan fingerprint density at radius 1 is 1.19 bits per heavy atom. The Labute approximate surface area is 166 Å². The highest BCUT2D eigenvalue weighted by molar-refractivity contribution is 6.34. The number of piperidine rings is 1. The number of carbonyl (C=O) groups is 2. The van der Waals surface area contributed by atoms with Crippen LogP contribution in [0.3, 0.4) is 0 Å². The number of amides is 3. The maximum absolute atomic E-state index is 12.8. The number of nitrogens with zero attached hydrogens (tertiary/aromatic N) is 1. The minimum absolute atomic E-state index is 0. The van der Waals surface area contributed by atoms with Crippen molar-refractivity contribution < 1.29 is 9.59 Å². The average Bonchev–Trinajstić information content (AvgIpc) is 2.54. The number of benzene rings is 1. The van der Waals surface area contributed by atoms with Gasteiger partial charge in [-0.15, -0.1) is 12.4 Å². The molecule has 8 heteroatoms. The van der Waals surface area contributed by atoms with Gasteiger partial charge in [0, 0.05) is 30.4 Å². The van der Waals surface area contributed by atoms with E-state index < -0.39 is 0 Å². The van der Waals surface area contributed by atoms with Gasteiger partial charge in [0.1, 0.15) is 0 Å². The molecule has 0 unspecified atom stereocenters. The Kier molecular flexibility index (Phi) is 8.18. The third kappa shape index (κ3) is 6.34. The lowest BCUT2D eigenvalue weighted by Crippen LogP contribution is -2.44. The summed E-state index contributed by atoms with van der Waals surface area (Å²) in [6.07, 6.45) is 1.84. The zero-order valence-electron chi connectivity index (χ0n) is 15.7. The Balaban J connectivity index is 0.00000338. The standard InChI is InChI=1S/C18H27ClN4O2.ClH/c1-18(2,3)22-17(25)21-13-5-6-15(19)14(11-13)16(24)23-9-7-12(20-4)8-10-23;/h5-6,11-12,20H,7-10H2,1-4H3,(H2,21,22,25);1H. The van der Waals surface area contributed by atoms with Gasteiger partial charge in [-0.3, -0.25) is 4.79 Å². The number of hydrogen-bond acceptors (Lipinski definition) is 3. The molecular formula is C18H28Cl2N4O2. The van der Waals surface area contributed by atoms with Crippen LogP contribution in [0.15, 0.2) is 18.2 Å². The second-order valence-corrected chi connectivity index (χ2v) is 7.79. The lowest BCUT2D eigenvalue weighted by molar-refractivity contribution is 0.0707. The quantitative estimate of drug-likeness (QED) is 0.723. The van der Waals surface area contributed by atoms with Crippen molar-refractivity contribution in [1.82, 2.24) is 15.5 Å². The number of anilines is 1. The van der Waals surface area contributed by atoms with Crippen molar-refractivity contribution >= 4 is 41.6 Å². The van der Waals surface area contributed by atoms with Gasteiger partial charge < -0.3 is 20.9 Å². The second-order valence-electron chi connectivity index (χ2n) is 7.38. The molecule has 0 aromatic heterocycles. The van der Waals surface area contributed by atoms with Gasteiger partial charge in [0.2, 0.25) is 0 Å². The van der Waals surface area contributed by atoms with Crippen LogP contribution in [-0.4, -0.2) is 48.6 Å². The van der Waals surface area contributed by atoms with Crippen LogP contribution < -0.4 is 16.0 Å². The molecule has 26 heavy (non-hydrogen) atoms. The van der Waals surface area contributed by atoms with Gasteiger partial charge in [-0.1, -0.05) is 11.6 Å². The van der Waals surface area contributed by atoms with Gasteiger partial charge in [0.05, 0.1) is 10.6 Å². The van der Waals surface area contributed by atoms with E-state index in [1.807, 2.05) is 32.7 Å². The molecule has 1 aliphatic rings. The van der Waals surface area contributed by atoms with Crippen molar-refractivity contribution in [2.75, 3.05) is 25.5 Å². The van der Waals surface area contributed by atoms with Crippen molar-refractivity contribution in [2.45, 2.75) is 45.2 Å². The van der Waals surface area contributed by atoms with Crippen LogP contribution in [0.5, 0.6) is 0 Å². The summed E-state index contributed by atoms with van der Waals surface area (Å²) < 4.78 is 0. The lowest BCUT2D eigenvalue weighted by atomic mass is 10.0. The molecule has 0 atom stereocenters. The normalized spacial score (nSPS) is 15.2. The number of urea groups is 1. The lowest BCUT2D eigenvalue weighted by Gasteiger charge is -2.32. The molecular weight excluding hydrogens is 375 g/mol. The molecule has 0 spiro atoms. The van der Waals surface area contributed by atoms with Crippen molar-refractivity contribution in [1.29, 1.82) is 0 Å². The van der Waals surface area contributed by atoms with E-state index in [1.54, 1.807) is 18.2 Å². The number of carbonyl (C=O) groups excluding carboxylic acids is 2. The van der Waals surface area contributed by atoms with Crippen LogP contribution >= 0.6 is 24.0 Å². The van der Waals surface area contributed by atoms with Crippen LogP contribution in [0.1, 0.15) is 44.0 Å². The van der Waals surface area contributed by atoms with E-state index in [9.17, 15) is 9.59 Å². The van der Waals surface area contributed by atoms with Crippen LogP contribution in [-0.2, 0) is 0 Å². The summed E-state index contributed by atoms with van der Waals surface area (Å²) in [5, 5.41) is 9.21. The molecule has 1 heterocycles. The molecule has 1 aromatic rings. The molecule has 146 valence electrons. The third-order valence-electron chi connectivity index (χ3n) is 4.13. The molecule has 1 saturated heterocycles. The molecule has 2 rings (SSSR count). The summed E-state index contributed by atoms with van der Waals surface area (Å²) in [7, 11) is 1.94. The number of nitrogens with one attached hydrogen (secondary N) is 3. The highest BCUT2D eigenvalue weighted by Gasteiger charge is 2.24. The molecule has 1 aromatic carbocycles. The number of halogens is 2. The first-order valence-electron chi connectivity index (χ1n) is 8.55. The van der Waals surface area contributed by atoms with E-state index in [0.717, 1.165) is 12.8 Å². The van der Waals surface area contributed by atoms with Gasteiger partial charge >= 0.3 is 6.03 Å². The minimum atomic E-state index is -0.340. The Hall–Kier alpha value is -1.50. The predicted octanol–water partition coefficient (Wildman–Crippen LogP) is 3.51. The third-order valence-corrected chi connectivity index (χ3v) is 4.46. The van der Waals surface area contributed by atoms with Crippen LogP contribution in [0.4, 0.5) is 10.5 Å². The van der Waals surface area contributed by atoms with Crippen LogP contribution in [0, 0.1) is 0 Å². The first-order valence-corrected chi connectivity index (χ1v) is 8.92. The summed E-state index contributed by atoms with van der Waals surface area (Å²) in [5.74, 6) is -0.0977. The van der Waals surface area contributed by atoms with E-state index in [-0.39, 0.29) is 29.9 Å². The van der Waals surface area contributed by atoms with E-state index in [1.165, 1.54) is 0 Å². The fourth-order valence-corrected chi connectivity index (χ4v) is 3.01. The van der Waals surface area contributed by atoms with Crippen molar-refractivity contribution in [2.24, 2.45) is 0 Å². The van der Waals surface area contributed by atoms with Crippen LogP contribution in [0.2, 0.25) is 5.02 Å². The van der Waals surface area contributed by atoms with E-state index >= 15 is 0 Å². The smallest absolute Gasteiger partial charge is 0.319 e. The average molecular weight is 403 g/mol. The molecule has 6 nitrogen and oxygen atoms in total. The Morgan fingerprint density at radius 3 is 2.35 bits per heavy atom. The van der Waals surface area contributed by atoms with Crippen molar-refractivity contribution in [3.8, 4) is 0 Å². The summed E-state index contributed by atoms with van der Waals surface area (Å²) >= 11 is 6.22. The van der Waals surface area contributed by atoms with E-state index in [2.05, 4.69) is 16.0 Å². The molecule has 0 radical (unpaired) electrons. The number of rotatable bonds is 3. The number of likely N-dealkylation sites (tertiary alicyclic amines) is 1. The molecule has 0 aliphatic carbocycles. The SMILES string of the molecule is CNC1CCN(C(=O)c2cc(NC(=O)NC(C)(C)C)ccc2Cl)CC1.Cl. The highest BCUT2D eigenvalue weighted by atomic mass is 35.5. The highest BCUT2D eigenvalue weighted by Crippen LogP contribution is 2.24. The number of hydrogen-bond donors (Lipinski definition) is 3. The van der Waals surface area contributed by atoms with Gasteiger partial charge in [-0.05, 0) is 58.9 Å². The van der Waals surface area contributed by atoms with Crippen molar-refractivity contribution in [3.05, 3.63) is 28.8 Å². The predicted molar refractivity (Wildman–Crippen MR) is 109 cm³/mol. The zero-order chi connectivity index (χ0) is 18.6. The maximum atomic E-state index is 12.8. The summed E-state index contributed by atoms with van der Waals surface area (Å²) in [6.45, 7) is 7.10. The fraction of sp³-hybridized carbons (Fsp3) is 0.556. The Morgan fingerprint density at radius 2 is 1.81 bits per heavy atom. The zero-order valence-corrected chi connectivity index (χ0v) is 17.3. The van der Waals surface area contributed by atoms with Crippen molar-refractivity contribution in [3.63, 3.8) is 0 Å².